The van der Waals surface area contributed by atoms with Gasteiger partial charge in [0, 0.05) is 49.8 Å². The highest BCUT2D eigenvalue weighted by Crippen LogP contribution is 2.26. The summed E-state index contributed by atoms with van der Waals surface area (Å²) in [6.07, 6.45) is 2.12. The molecule has 0 saturated carbocycles. The molecular formula is C15H25N5S. The summed E-state index contributed by atoms with van der Waals surface area (Å²) in [6, 6.07) is 0. The van der Waals surface area contributed by atoms with Crippen molar-refractivity contribution in [3.8, 4) is 0 Å². The van der Waals surface area contributed by atoms with Gasteiger partial charge < -0.3 is 10.2 Å². The minimum Gasteiger partial charge on any atom is -0.352 e. The Morgan fingerprint density at radius 2 is 1.95 bits per heavy atom. The Hall–Kier alpha value is -1.11. The molecule has 3 heterocycles. The molecule has 21 heavy (non-hydrogen) atoms. The molecule has 1 saturated heterocycles. The van der Waals surface area contributed by atoms with E-state index in [0.717, 1.165) is 43.5 Å². The lowest BCUT2D eigenvalue weighted by Gasteiger charge is -2.42. The number of anilines is 1. The summed E-state index contributed by atoms with van der Waals surface area (Å²) in [6.45, 7) is 12.1. The lowest BCUT2D eigenvalue weighted by atomic mass is 10.0. The van der Waals surface area contributed by atoms with Gasteiger partial charge in [-0.15, -0.1) is 11.3 Å². The van der Waals surface area contributed by atoms with E-state index < -0.39 is 0 Å². The number of fused-ring (bicyclic) bond motifs is 1. The van der Waals surface area contributed by atoms with Gasteiger partial charge in [0.25, 0.3) is 0 Å². The molecule has 0 spiro atoms. The number of aromatic nitrogens is 2. The van der Waals surface area contributed by atoms with Crippen molar-refractivity contribution in [3.05, 3.63) is 17.3 Å². The number of hydrogen-bond acceptors (Lipinski definition) is 5. The summed E-state index contributed by atoms with van der Waals surface area (Å²) in [5, 5.41) is 5.37. The maximum Gasteiger partial charge on any atom is 0.195 e. The molecule has 1 fully saturated rings. The van der Waals surface area contributed by atoms with E-state index in [1.807, 2.05) is 7.05 Å². The smallest absolute Gasteiger partial charge is 0.195 e. The fraction of sp³-hybridized carbons (Fsp3) is 0.667. The zero-order chi connectivity index (χ0) is 15.0. The number of nitrogens with one attached hydrogen (secondary N) is 1. The fourth-order valence-electron chi connectivity index (χ4n) is 3.00. The van der Waals surface area contributed by atoms with Crippen molar-refractivity contribution in [2.45, 2.75) is 32.9 Å². The van der Waals surface area contributed by atoms with Crippen molar-refractivity contribution < 1.29 is 0 Å². The maximum absolute atomic E-state index is 4.85. The van der Waals surface area contributed by atoms with Gasteiger partial charge in [0.1, 0.15) is 0 Å². The summed E-state index contributed by atoms with van der Waals surface area (Å²) < 4.78 is 2.21. The molecule has 2 aromatic rings. The maximum atomic E-state index is 4.85. The summed E-state index contributed by atoms with van der Waals surface area (Å²) in [4.78, 5) is 10.9. The van der Waals surface area contributed by atoms with Gasteiger partial charge in [-0.05, 0) is 27.8 Å². The van der Waals surface area contributed by atoms with Crippen LogP contribution in [0.5, 0.6) is 0 Å². The van der Waals surface area contributed by atoms with Crippen LogP contribution in [0.2, 0.25) is 0 Å². The first-order chi connectivity index (χ1) is 10.0. The van der Waals surface area contributed by atoms with E-state index in [1.165, 1.54) is 5.69 Å². The first-order valence-electron chi connectivity index (χ1n) is 7.60. The molecular weight excluding hydrogens is 282 g/mol. The van der Waals surface area contributed by atoms with E-state index in [0.29, 0.717) is 0 Å². The zero-order valence-corrected chi connectivity index (χ0v) is 14.2. The number of piperazine rings is 1. The molecule has 1 N–H and O–H groups in total. The SMILES string of the molecule is CNCc1c(N2CCN(C(C)(C)C)CC2)nc2sccn12. The third-order valence-corrected chi connectivity index (χ3v) is 4.97. The van der Waals surface area contributed by atoms with Gasteiger partial charge in [-0.1, -0.05) is 0 Å². The van der Waals surface area contributed by atoms with Crippen LogP contribution < -0.4 is 10.2 Å². The Kier molecular flexibility index (Phi) is 3.94. The molecule has 1 aliphatic rings. The molecule has 1 aliphatic heterocycles. The predicted molar refractivity (Wildman–Crippen MR) is 89.4 cm³/mol. The lowest BCUT2D eigenvalue weighted by molar-refractivity contribution is 0.128. The predicted octanol–water partition coefficient (Wildman–Crippen LogP) is 2.04. The summed E-state index contributed by atoms with van der Waals surface area (Å²) in [7, 11) is 1.99. The topological polar surface area (TPSA) is 35.8 Å². The van der Waals surface area contributed by atoms with Gasteiger partial charge in [0.2, 0.25) is 0 Å². The summed E-state index contributed by atoms with van der Waals surface area (Å²) in [5.41, 5.74) is 1.53. The highest BCUT2D eigenvalue weighted by atomic mass is 32.1. The Labute approximate surface area is 130 Å². The van der Waals surface area contributed by atoms with Crippen LogP contribution in [-0.2, 0) is 6.54 Å². The van der Waals surface area contributed by atoms with Crippen LogP contribution in [0.1, 0.15) is 26.5 Å². The van der Waals surface area contributed by atoms with Gasteiger partial charge >= 0.3 is 0 Å². The number of nitrogens with zero attached hydrogens (tertiary/aromatic N) is 4. The molecule has 0 bridgehead atoms. The molecule has 0 amide bonds. The number of rotatable bonds is 3. The molecule has 2 aromatic heterocycles. The summed E-state index contributed by atoms with van der Waals surface area (Å²) >= 11 is 1.70. The van der Waals surface area contributed by atoms with Gasteiger partial charge in [0.05, 0.1) is 5.69 Å². The Balaban J connectivity index is 1.82. The lowest BCUT2D eigenvalue weighted by Crippen LogP contribution is -2.53. The number of thiazole rings is 1. The van der Waals surface area contributed by atoms with Crippen LogP contribution in [0.4, 0.5) is 5.82 Å². The third-order valence-electron chi connectivity index (χ3n) is 4.21. The largest absolute Gasteiger partial charge is 0.352 e. The first-order valence-corrected chi connectivity index (χ1v) is 8.47. The third kappa shape index (κ3) is 2.80. The monoisotopic (exact) mass is 307 g/mol. The van der Waals surface area contributed by atoms with Crippen molar-refractivity contribution in [3.63, 3.8) is 0 Å². The van der Waals surface area contributed by atoms with E-state index >= 15 is 0 Å². The van der Waals surface area contributed by atoms with Gasteiger partial charge in [-0.25, -0.2) is 4.98 Å². The highest BCUT2D eigenvalue weighted by Gasteiger charge is 2.28. The van der Waals surface area contributed by atoms with E-state index in [4.69, 9.17) is 4.98 Å². The number of imidazole rings is 1. The second kappa shape index (κ2) is 5.59. The quantitative estimate of drug-likeness (QED) is 0.941. The van der Waals surface area contributed by atoms with Gasteiger partial charge in [-0.2, -0.15) is 0 Å². The Bertz CT molecular complexity index is 601. The van der Waals surface area contributed by atoms with E-state index in [2.05, 4.69) is 51.9 Å². The second-order valence-corrected chi connectivity index (χ2v) is 7.49. The van der Waals surface area contributed by atoms with E-state index in [9.17, 15) is 0 Å². The average molecular weight is 307 g/mol. The van der Waals surface area contributed by atoms with Crippen LogP contribution in [0.3, 0.4) is 0 Å². The van der Waals surface area contributed by atoms with Crippen molar-refractivity contribution >= 4 is 22.1 Å². The van der Waals surface area contributed by atoms with E-state index in [-0.39, 0.29) is 5.54 Å². The zero-order valence-electron chi connectivity index (χ0n) is 13.4. The molecule has 0 atom stereocenters. The molecule has 0 unspecified atom stereocenters. The molecule has 6 heteroatoms. The molecule has 0 aliphatic carbocycles. The average Bonchev–Trinajstić information content (AvgIpc) is 3.01. The molecule has 5 nitrogen and oxygen atoms in total. The van der Waals surface area contributed by atoms with Crippen LogP contribution in [0.15, 0.2) is 11.6 Å². The van der Waals surface area contributed by atoms with Crippen LogP contribution >= 0.6 is 11.3 Å². The van der Waals surface area contributed by atoms with Crippen molar-refractivity contribution in [2.24, 2.45) is 0 Å². The number of hydrogen-bond donors (Lipinski definition) is 1. The van der Waals surface area contributed by atoms with Crippen LogP contribution in [-0.4, -0.2) is 53.1 Å². The van der Waals surface area contributed by atoms with Crippen molar-refractivity contribution in [1.29, 1.82) is 0 Å². The van der Waals surface area contributed by atoms with Crippen molar-refractivity contribution in [2.75, 3.05) is 38.1 Å². The molecule has 0 aromatic carbocycles. The van der Waals surface area contributed by atoms with Crippen LogP contribution in [0.25, 0.3) is 4.96 Å². The van der Waals surface area contributed by atoms with Crippen molar-refractivity contribution in [1.82, 2.24) is 19.6 Å². The Morgan fingerprint density at radius 1 is 1.24 bits per heavy atom. The first kappa shape index (κ1) is 14.8. The second-order valence-electron chi connectivity index (χ2n) is 6.61. The summed E-state index contributed by atoms with van der Waals surface area (Å²) in [5.74, 6) is 1.16. The van der Waals surface area contributed by atoms with Crippen LogP contribution in [0, 0.1) is 0 Å². The standard InChI is InChI=1S/C15H25N5S/c1-15(2,3)19-7-5-18(6-8-19)13-12(11-16-4)20-9-10-21-14(20)17-13/h9-10,16H,5-8,11H2,1-4H3. The molecule has 3 rings (SSSR count). The normalized spacial score (nSPS) is 17.8. The molecule has 0 radical (unpaired) electrons. The fourth-order valence-corrected chi connectivity index (χ4v) is 3.72. The van der Waals surface area contributed by atoms with Gasteiger partial charge in [0.15, 0.2) is 10.8 Å². The molecule has 116 valence electrons. The Morgan fingerprint density at radius 3 is 2.57 bits per heavy atom. The minimum atomic E-state index is 0.258. The van der Waals surface area contributed by atoms with E-state index in [1.54, 1.807) is 11.3 Å². The highest BCUT2D eigenvalue weighted by molar-refractivity contribution is 7.15. The van der Waals surface area contributed by atoms with Gasteiger partial charge in [-0.3, -0.25) is 9.30 Å². The minimum absolute atomic E-state index is 0.258.